The van der Waals surface area contributed by atoms with Crippen LogP contribution in [0.1, 0.15) is 44.9 Å². The Morgan fingerprint density at radius 3 is 2.20 bits per heavy atom. The minimum atomic E-state index is -3.75. The summed E-state index contributed by atoms with van der Waals surface area (Å²) in [6, 6.07) is 0. The Morgan fingerprint density at radius 1 is 1.07 bits per heavy atom. The lowest BCUT2D eigenvalue weighted by atomic mass is 9.67. The van der Waals surface area contributed by atoms with Crippen LogP contribution in [-0.4, -0.2) is 18.7 Å². The molecule has 88 valence electrons. The molecule has 0 aromatic carbocycles. The predicted octanol–water partition coefficient (Wildman–Crippen LogP) is 2.48. The second-order valence-corrected chi connectivity index (χ2v) is 6.88. The van der Waals surface area contributed by atoms with Gasteiger partial charge in [-0.15, -0.1) is 0 Å². The molecule has 2 unspecified atom stereocenters. The van der Waals surface area contributed by atoms with Crippen LogP contribution < -0.4 is 0 Å². The van der Waals surface area contributed by atoms with Crippen LogP contribution in [0, 0.1) is 17.8 Å². The molecule has 2 saturated carbocycles. The Balaban J connectivity index is 1.84. The molecule has 2 rings (SSSR count). The van der Waals surface area contributed by atoms with E-state index in [0.29, 0.717) is 12.3 Å². The second kappa shape index (κ2) is 4.42. The normalized spacial score (nSPS) is 36.5. The van der Waals surface area contributed by atoms with Crippen LogP contribution in [0.5, 0.6) is 0 Å². The second-order valence-electron chi connectivity index (χ2n) is 5.31. The van der Waals surface area contributed by atoms with Gasteiger partial charge in [0.1, 0.15) is 0 Å². The first-order valence-corrected chi connectivity index (χ1v) is 7.59. The number of hydrogen-bond donors (Lipinski definition) is 1. The number of rotatable bonds is 3. The summed E-state index contributed by atoms with van der Waals surface area (Å²) in [5.41, 5.74) is 0. The summed E-state index contributed by atoms with van der Waals surface area (Å²) < 4.78 is 30.1. The quantitative estimate of drug-likeness (QED) is 0.761. The molecular formula is C11H20O3S. The van der Waals surface area contributed by atoms with Crippen molar-refractivity contribution in [1.82, 2.24) is 0 Å². The summed E-state index contributed by atoms with van der Waals surface area (Å²) in [5.74, 6) is 2.17. The third-order valence-electron chi connectivity index (χ3n) is 4.01. The van der Waals surface area contributed by atoms with Crippen molar-refractivity contribution in [2.24, 2.45) is 17.8 Å². The Hall–Kier alpha value is -0.0900. The zero-order valence-electron chi connectivity index (χ0n) is 9.06. The van der Waals surface area contributed by atoms with Gasteiger partial charge in [0.05, 0.1) is 5.75 Å². The van der Waals surface area contributed by atoms with Gasteiger partial charge in [0.25, 0.3) is 10.1 Å². The van der Waals surface area contributed by atoms with Gasteiger partial charge in [0.15, 0.2) is 0 Å². The zero-order valence-corrected chi connectivity index (χ0v) is 9.88. The van der Waals surface area contributed by atoms with Gasteiger partial charge in [0.2, 0.25) is 0 Å². The first-order valence-electron chi connectivity index (χ1n) is 5.98. The van der Waals surface area contributed by atoms with E-state index >= 15 is 0 Å². The molecule has 0 amide bonds. The average Bonchev–Trinajstić information content (AvgIpc) is 2.13. The largest absolute Gasteiger partial charge is 0.286 e. The van der Waals surface area contributed by atoms with Crippen molar-refractivity contribution in [3.05, 3.63) is 0 Å². The lowest BCUT2D eigenvalue weighted by Crippen LogP contribution is -2.27. The summed E-state index contributed by atoms with van der Waals surface area (Å²) in [7, 11) is -3.75. The maximum absolute atomic E-state index is 10.7. The smallest absolute Gasteiger partial charge is 0.264 e. The molecule has 0 radical (unpaired) electrons. The molecule has 0 aliphatic heterocycles. The maximum Gasteiger partial charge on any atom is 0.264 e. The van der Waals surface area contributed by atoms with Crippen molar-refractivity contribution in [1.29, 1.82) is 0 Å². The molecule has 0 spiro atoms. The molecule has 15 heavy (non-hydrogen) atoms. The van der Waals surface area contributed by atoms with Crippen LogP contribution in [0.2, 0.25) is 0 Å². The number of hydrogen-bond acceptors (Lipinski definition) is 2. The fraction of sp³-hybridized carbons (Fsp3) is 1.00. The van der Waals surface area contributed by atoms with Crippen LogP contribution >= 0.6 is 0 Å². The SMILES string of the molecule is O=S(=O)(O)CCC1CC2CCCC(C2)C1. The van der Waals surface area contributed by atoms with Crippen LogP contribution in [0.25, 0.3) is 0 Å². The molecule has 0 aromatic rings. The first-order chi connectivity index (χ1) is 7.03. The van der Waals surface area contributed by atoms with E-state index < -0.39 is 10.1 Å². The van der Waals surface area contributed by atoms with E-state index in [2.05, 4.69) is 0 Å². The van der Waals surface area contributed by atoms with Crippen molar-refractivity contribution in [2.45, 2.75) is 44.9 Å². The highest BCUT2D eigenvalue weighted by Gasteiger charge is 2.31. The molecule has 3 nitrogen and oxygen atoms in total. The molecule has 1 N–H and O–H groups in total. The Morgan fingerprint density at radius 2 is 1.67 bits per heavy atom. The van der Waals surface area contributed by atoms with Crippen molar-refractivity contribution < 1.29 is 13.0 Å². The Kier molecular flexibility index (Phi) is 3.36. The molecule has 2 bridgehead atoms. The molecular weight excluding hydrogens is 212 g/mol. The van der Waals surface area contributed by atoms with Crippen molar-refractivity contribution in [3.63, 3.8) is 0 Å². The van der Waals surface area contributed by atoms with Gasteiger partial charge in [-0.2, -0.15) is 8.42 Å². The van der Waals surface area contributed by atoms with Crippen LogP contribution in [0.3, 0.4) is 0 Å². The van der Waals surface area contributed by atoms with E-state index in [1.54, 1.807) is 0 Å². The van der Waals surface area contributed by atoms with Crippen molar-refractivity contribution >= 4 is 10.1 Å². The molecule has 2 fully saturated rings. The highest BCUT2D eigenvalue weighted by Crippen LogP contribution is 2.43. The minimum absolute atomic E-state index is 0.0445. The van der Waals surface area contributed by atoms with Gasteiger partial charge >= 0.3 is 0 Å². The highest BCUT2D eigenvalue weighted by atomic mass is 32.2. The Labute approximate surface area is 92.0 Å². The molecule has 2 aliphatic carbocycles. The van der Waals surface area contributed by atoms with E-state index in [9.17, 15) is 8.42 Å². The zero-order chi connectivity index (χ0) is 10.9. The molecule has 2 atom stereocenters. The summed E-state index contributed by atoms with van der Waals surface area (Å²) in [6.45, 7) is 0. The highest BCUT2D eigenvalue weighted by molar-refractivity contribution is 7.85. The third kappa shape index (κ3) is 3.45. The maximum atomic E-state index is 10.7. The third-order valence-corrected chi connectivity index (χ3v) is 4.76. The van der Waals surface area contributed by atoms with Gasteiger partial charge in [-0.1, -0.05) is 19.3 Å². The fourth-order valence-electron chi connectivity index (χ4n) is 3.42. The molecule has 0 saturated heterocycles. The predicted molar refractivity (Wildman–Crippen MR) is 59.2 cm³/mol. The van der Waals surface area contributed by atoms with Gasteiger partial charge in [-0.3, -0.25) is 4.55 Å². The lowest BCUT2D eigenvalue weighted by Gasteiger charge is -2.39. The van der Waals surface area contributed by atoms with Gasteiger partial charge in [0, 0.05) is 0 Å². The van der Waals surface area contributed by atoms with Crippen molar-refractivity contribution in [2.75, 3.05) is 5.75 Å². The average molecular weight is 232 g/mol. The van der Waals surface area contributed by atoms with Crippen molar-refractivity contribution in [3.8, 4) is 0 Å². The molecule has 2 aliphatic rings. The summed E-state index contributed by atoms with van der Waals surface area (Å²) in [5, 5.41) is 0. The van der Waals surface area contributed by atoms with Crippen LogP contribution in [0.15, 0.2) is 0 Å². The van der Waals surface area contributed by atoms with Gasteiger partial charge < -0.3 is 0 Å². The van der Waals surface area contributed by atoms with Gasteiger partial charge in [-0.05, 0) is 43.4 Å². The Bertz CT molecular complexity index is 298. The summed E-state index contributed by atoms with van der Waals surface area (Å²) in [4.78, 5) is 0. The van der Waals surface area contributed by atoms with Crippen LogP contribution in [-0.2, 0) is 10.1 Å². The van der Waals surface area contributed by atoms with Gasteiger partial charge in [-0.25, -0.2) is 0 Å². The molecule has 0 heterocycles. The molecule has 4 heteroatoms. The number of fused-ring (bicyclic) bond motifs is 2. The summed E-state index contributed by atoms with van der Waals surface area (Å²) in [6.07, 6.45) is 8.42. The van der Waals surface area contributed by atoms with E-state index in [1.807, 2.05) is 0 Å². The lowest BCUT2D eigenvalue weighted by molar-refractivity contribution is 0.135. The minimum Gasteiger partial charge on any atom is -0.286 e. The topological polar surface area (TPSA) is 54.4 Å². The van der Waals surface area contributed by atoms with E-state index in [-0.39, 0.29) is 5.75 Å². The van der Waals surface area contributed by atoms with Crippen LogP contribution in [0.4, 0.5) is 0 Å². The monoisotopic (exact) mass is 232 g/mol. The van der Waals surface area contributed by atoms with E-state index in [0.717, 1.165) is 11.8 Å². The van der Waals surface area contributed by atoms with E-state index in [4.69, 9.17) is 4.55 Å². The first kappa shape index (κ1) is 11.4. The summed E-state index contributed by atoms with van der Waals surface area (Å²) >= 11 is 0. The van der Waals surface area contributed by atoms with E-state index in [1.165, 1.54) is 38.5 Å². The standard InChI is InChI=1S/C11H20O3S/c12-15(13,14)5-4-11-7-9-2-1-3-10(6-9)8-11/h9-11H,1-8H2,(H,12,13,14). The molecule has 0 aromatic heterocycles. The fourth-order valence-corrected chi connectivity index (χ4v) is 4.05.